The number of nitrogens with one attached hydrogen (secondary N) is 1. The fourth-order valence-corrected chi connectivity index (χ4v) is 1.62. The van der Waals surface area contributed by atoms with Crippen molar-refractivity contribution in [2.45, 2.75) is 18.9 Å². The first-order chi connectivity index (χ1) is 7.36. The summed E-state index contributed by atoms with van der Waals surface area (Å²) in [5, 5.41) is 2.97. The lowest BCUT2D eigenvalue weighted by molar-refractivity contribution is 0.0789. The van der Waals surface area contributed by atoms with Crippen molar-refractivity contribution < 1.29 is 9.53 Å². The molecule has 2 aliphatic heterocycles. The molecular weight excluding hydrogens is 194 g/mol. The molecular formula is C10H15N3O2. The third-order valence-corrected chi connectivity index (χ3v) is 2.50. The highest BCUT2D eigenvalue weighted by atomic mass is 16.5. The third-order valence-electron chi connectivity index (χ3n) is 2.50. The largest absolute Gasteiger partial charge is 0.381 e. The van der Waals surface area contributed by atoms with E-state index in [1.807, 2.05) is 0 Å². The molecule has 5 nitrogen and oxygen atoms in total. The average Bonchev–Trinajstić information content (AvgIpc) is 2.31. The van der Waals surface area contributed by atoms with Gasteiger partial charge >= 0.3 is 6.03 Å². The fourth-order valence-electron chi connectivity index (χ4n) is 1.62. The molecule has 0 aromatic carbocycles. The second-order valence-electron chi connectivity index (χ2n) is 3.62. The van der Waals surface area contributed by atoms with Gasteiger partial charge in [-0.1, -0.05) is 0 Å². The minimum Gasteiger partial charge on any atom is -0.381 e. The first kappa shape index (κ1) is 10.2. The van der Waals surface area contributed by atoms with Crippen molar-refractivity contribution in [1.82, 2.24) is 10.2 Å². The summed E-state index contributed by atoms with van der Waals surface area (Å²) in [4.78, 5) is 17.3. The lowest BCUT2D eigenvalue weighted by atomic mass is 10.1. The zero-order valence-corrected chi connectivity index (χ0v) is 8.56. The molecule has 2 amide bonds. The van der Waals surface area contributed by atoms with Gasteiger partial charge in [0.2, 0.25) is 0 Å². The van der Waals surface area contributed by atoms with Gasteiger partial charge in [0, 0.05) is 31.7 Å². The first-order valence-electron chi connectivity index (χ1n) is 5.18. The number of carbonyl (C=O) groups excluding carboxylic acids is 1. The minimum absolute atomic E-state index is 0.0741. The number of aliphatic imine (C=N–C) groups is 1. The smallest absolute Gasteiger partial charge is 0.323 e. The molecule has 1 saturated heterocycles. The molecule has 0 unspecified atom stereocenters. The lowest BCUT2D eigenvalue weighted by Gasteiger charge is -2.26. The van der Waals surface area contributed by atoms with Gasteiger partial charge in [-0.2, -0.15) is 0 Å². The Kier molecular flexibility index (Phi) is 3.34. The molecule has 0 saturated carbocycles. The van der Waals surface area contributed by atoms with E-state index in [1.54, 1.807) is 23.4 Å². The van der Waals surface area contributed by atoms with Gasteiger partial charge in [0.1, 0.15) is 6.67 Å². The van der Waals surface area contributed by atoms with Crippen LogP contribution in [0.5, 0.6) is 0 Å². The van der Waals surface area contributed by atoms with Gasteiger partial charge in [-0.05, 0) is 18.9 Å². The van der Waals surface area contributed by atoms with Crippen molar-refractivity contribution in [2.24, 2.45) is 4.99 Å². The molecule has 0 aromatic heterocycles. The van der Waals surface area contributed by atoms with Crippen molar-refractivity contribution in [3.05, 3.63) is 12.3 Å². The highest BCUT2D eigenvalue weighted by Crippen LogP contribution is 2.07. The van der Waals surface area contributed by atoms with Crippen molar-refractivity contribution in [2.75, 3.05) is 19.9 Å². The maximum absolute atomic E-state index is 11.7. The zero-order valence-electron chi connectivity index (χ0n) is 8.56. The Morgan fingerprint density at radius 3 is 2.93 bits per heavy atom. The molecule has 0 radical (unpaired) electrons. The Labute approximate surface area is 88.8 Å². The summed E-state index contributed by atoms with van der Waals surface area (Å²) in [5.74, 6) is 0. The van der Waals surface area contributed by atoms with E-state index in [-0.39, 0.29) is 12.1 Å². The van der Waals surface area contributed by atoms with Gasteiger partial charge < -0.3 is 10.1 Å². The average molecular weight is 209 g/mol. The van der Waals surface area contributed by atoms with Crippen molar-refractivity contribution in [3.8, 4) is 0 Å². The molecule has 0 bridgehead atoms. The van der Waals surface area contributed by atoms with Crippen LogP contribution in [0.15, 0.2) is 17.3 Å². The van der Waals surface area contributed by atoms with E-state index in [4.69, 9.17) is 4.74 Å². The second kappa shape index (κ2) is 4.93. The van der Waals surface area contributed by atoms with Gasteiger partial charge in [-0.15, -0.1) is 0 Å². The Hall–Kier alpha value is -1.36. The van der Waals surface area contributed by atoms with Crippen LogP contribution in [0.25, 0.3) is 0 Å². The Bertz CT molecular complexity index is 282. The maximum Gasteiger partial charge on any atom is 0.323 e. The number of hydrogen-bond acceptors (Lipinski definition) is 3. The van der Waals surface area contributed by atoms with Gasteiger partial charge in [0.15, 0.2) is 0 Å². The topological polar surface area (TPSA) is 53.9 Å². The summed E-state index contributed by atoms with van der Waals surface area (Å²) >= 11 is 0. The van der Waals surface area contributed by atoms with E-state index < -0.39 is 0 Å². The fraction of sp³-hybridized carbons (Fsp3) is 0.600. The first-order valence-corrected chi connectivity index (χ1v) is 5.18. The summed E-state index contributed by atoms with van der Waals surface area (Å²) in [7, 11) is 0. The van der Waals surface area contributed by atoms with E-state index >= 15 is 0 Å². The molecule has 0 aliphatic carbocycles. The van der Waals surface area contributed by atoms with E-state index in [0.29, 0.717) is 6.67 Å². The summed E-state index contributed by atoms with van der Waals surface area (Å²) in [6, 6.07) is 0.167. The molecule has 15 heavy (non-hydrogen) atoms. The van der Waals surface area contributed by atoms with E-state index in [2.05, 4.69) is 10.3 Å². The predicted molar refractivity (Wildman–Crippen MR) is 56.7 cm³/mol. The highest BCUT2D eigenvalue weighted by molar-refractivity contribution is 5.79. The highest BCUT2D eigenvalue weighted by Gasteiger charge is 2.18. The van der Waals surface area contributed by atoms with E-state index in [1.165, 1.54) is 0 Å². The second-order valence-corrected chi connectivity index (χ2v) is 3.62. The number of rotatable bonds is 1. The van der Waals surface area contributed by atoms with Gasteiger partial charge in [0.05, 0.1) is 0 Å². The van der Waals surface area contributed by atoms with Crippen LogP contribution < -0.4 is 5.32 Å². The van der Waals surface area contributed by atoms with Crippen molar-refractivity contribution >= 4 is 12.2 Å². The number of ether oxygens (including phenoxy) is 1. The predicted octanol–water partition coefficient (Wildman–Crippen LogP) is 0.733. The molecule has 5 heteroatoms. The van der Waals surface area contributed by atoms with Crippen LogP contribution in [0.2, 0.25) is 0 Å². The maximum atomic E-state index is 11.7. The molecule has 1 fully saturated rings. The summed E-state index contributed by atoms with van der Waals surface area (Å²) in [6.07, 6.45) is 6.98. The lowest BCUT2D eigenvalue weighted by Crippen LogP contribution is -2.45. The van der Waals surface area contributed by atoms with Crippen LogP contribution in [0.3, 0.4) is 0 Å². The summed E-state index contributed by atoms with van der Waals surface area (Å²) in [5.41, 5.74) is 0. The molecule has 0 atom stereocenters. The quantitative estimate of drug-likeness (QED) is 0.692. The van der Waals surface area contributed by atoms with E-state index in [0.717, 1.165) is 26.1 Å². The van der Waals surface area contributed by atoms with Crippen molar-refractivity contribution in [3.63, 3.8) is 0 Å². The molecule has 2 aliphatic rings. The van der Waals surface area contributed by atoms with Crippen LogP contribution in [0.1, 0.15) is 12.8 Å². The molecule has 1 N–H and O–H groups in total. The van der Waals surface area contributed by atoms with Crippen LogP contribution >= 0.6 is 0 Å². The standard InChI is InChI=1S/C10H15N3O2/c14-10(13-5-1-4-11-8-13)12-9-2-6-15-7-3-9/h1,4-5,9H,2-3,6-8H2,(H,12,14). The molecule has 0 aromatic rings. The Morgan fingerprint density at radius 1 is 1.47 bits per heavy atom. The number of hydrogen-bond donors (Lipinski definition) is 1. The number of allylic oxidation sites excluding steroid dienone is 1. The van der Waals surface area contributed by atoms with Gasteiger partial charge in [0.25, 0.3) is 0 Å². The minimum atomic E-state index is -0.0741. The number of amides is 2. The molecule has 2 rings (SSSR count). The zero-order chi connectivity index (χ0) is 10.5. The van der Waals surface area contributed by atoms with Crippen LogP contribution in [-0.4, -0.2) is 43.1 Å². The normalized spacial score (nSPS) is 21.7. The van der Waals surface area contributed by atoms with E-state index in [9.17, 15) is 4.79 Å². The SMILES string of the molecule is O=C(NC1CCOCC1)N1C=CC=NC1. The van der Waals surface area contributed by atoms with Crippen LogP contribution in [0.4, 0.5) is 4.79 Å². The molecule has 82 valence electrons. The van der Waals surface area contributed by atoms with Crippen LogP contribution in [-0.2, 0) is 4.74 Å². The number of urea groups is 1. The van der Waals surface area contributed by atoms with Gasteiger partial charge in [-0.25, -0.2) is 4.79 Å². The molecule has 2 heterocycles. The summed E-state index contributed by atoms with van der Waals surface area (Å²) in [6.45, 7) is 1.88. The Balaban J connectivity index is 1.80. The summed E-state index contributed by atoms with van der Waals surface area (Å²) < 4.78 is 5.22. The monoisotopic (exact) mass is 209 g/mol. The van der Waals surface area contributed by atoms with Crippen LogP contribution in [0, 0.1) is 0 Å². The van der Waals surface area contributed by atoms with Crippen molar-refractivity contribution in [1.29, 1.82) is 0 Å². The number of nitrogens with zero attached hydrogens (tertiary/aromatic N) is 2. The molecule has 0 spiro atoms. The Morgan fingerprint density at radius 2 is 2.27 bits per heavy atom. The van der Waals surface area contributed by atoms with Gasteiger partial charge in [-0.3, -0.25) is 9.89 Å². The third kappa shape index (κ3) is 2.79. The number of carbonyl (C=O) groups is 1.